The van der Waals surface area contributed by atoms with Gasteiger partial charge in [-0.05, 0) is 43.9 Å². The van der Waals surface area contributed by atoms with E-state index >= 15 is 0 Å². The number of carbonyl (C=O) groups is 2. The summed E-state index contributed by atoms with van der Waals surface area (Å²) in [5, 5.41) is 5.97. The Morgan fingerprint density at radius 3 is 2.83 bits per heavy atom. The van der Waals surface area contributed by atoms with Gasteiger partial charge in [0.05, 0.1) is 20.3 Å². The van der Waals surface area contributed by atoms with E-state index < -0.39 is 5.54 Å². The molecule has 1 aromatic carbocycles. The molecular weight excluding hydrogens is 389 g/mol. The summed E-state index contributed by atoms with van der Waals surface area (Å²) in [5.41, 5.74) is -0.0681. The molecule has 2 amide bonds. The van der Waals surface area contributed by atoms with Crippen molar-refractivity contribution < 1.29 is 23.5 Å². The molecule has 2 aliphatic heterocycles. The van der Waals surface area contributed by atoms with Gasteiger partial charge in [0.25, 0.3) is 0 Å². The Kier molecular flexibility index (Phi) is 8.04. The minimum Gasteiger partial charge on any atom is -0.497 e. The molecule has 7 nitrogen and oxygen atoms in total. The number of benzene rings is 1. The first-order chi connectivity index (χ1) is 14.5. The smallest absolute Gasteiger partial charge is 0.220 e. The van der Waals surface area contributed by atoms with Crippen LogP contribution in [0, 0.1) is 5.82 Å². The number of morpholine rings is 1. The Hall–Kier alpha value is -2.19. The maximum atomic E-state index is 14.4. The normalized spacial score (nSPS) is 22.0. The Labute approximate surface area is 177 Å². The summed E-state index contributed by atoms with van der Waals surface area (Å²) >= 11 is 0. The van der Waals surface area contributed by atoms with Crippen molar-refractivity contribution in [3.63, 3.8) is 0 Å². The first-order valence-electron chi connectivity index (χ1n) is 10.7. The fourth-order valence-electron chi connectivity index (χ4n) is 4.14. The lowest BCUT2D eigenvalue weighted by Crippen LogP contribution is -2.45. The average molecular weight is 422 g/mol. The zero-order valence-electron chi connectivity index (χ0n) is 17.7. The Bertz CT molecular complexity index is 739. The van der Waals surface area contributed by atoms with Crippen molar-refractivity contribution in [2.75, 3.05) is 46.5 Å². The van der Waals surface area contributed by atoms with Crippen LogP contribution in [0.2, 0.25) is 0 Å². The summed E-state index contributed by atoms with van der Waals surface area (Å²) in [4.78, 5) is 26.6. The number of hydrogen-bond donors (Lipinski definition) is 2. The summed E-state index contributed by atoms with van der Waals surface area (Å²) in [6.45, 7) is 5.00. The van der Waals surface area contributed by atoms with Crippen molar-refractivity contribution in [1.29, 1.82) is 0 Å². The van der Waals surface area contributed by atoms with Crippen LogP contribution in [0.1, 0.15) is 37.7 Å². The van der Waals surface area contributed by atoms with E-state index in [4.69, 9.17) is 9.47 Å². The number of carbonyl (C=O) groups excluding carboxylic acids is 2. The molecule has 2 saturated heterocycles. The third-order valence-electron chi connectivity index (χ3n) is 5.93. The minimum absolute atomic E-state index is 0.0345. The number of rotatable bonds is 10. The van der Waals surface area contributed by atoms with Gasteiger partial charge in [-0.25, -0.2) is 4.39 Å². The highest BCUT2D eigenvalue weighted by molar-refractivity contribution is 5.80. The van der Waals surface area contributed by atoms with E-state index in [0.29, 0.717) is 50.0 Å². The second kappa shape index (κ2) is 10.7. The van der Waals surface area contributed by atoms with Crippen LogP contribution in [-0.4, -0.2) is 68.8 Å². The van der Waals surface area contributed by atoms with Gasteiger partial charge in [-0.2, -0.15) is 0 Å². The van der Waals surface area contributed by atoms with E-state index in [9.17, 15) is 14.0 Å². The number of nitrogens with zero attached hydrogens (tertiary/aromatic N) is 1. The topological polar surface area (TPSA) is 79.9 Å². The molecule has 2 fully saturated rings. The molecule has 30 heavy (non-hydrogen) atoms. The van der Waals surface area contributed by atoms with Crippen LogP contribution in [0.25, 0.3) is 0 Å². The Balaban J connectivity index is 1.47. The molecule has 0 spiro atoms. The lowest BCUT2D eigenvalue weighted by Gasteiger charge is -2.29. The number of ether oxygens (including phenoxy) is 2. The van der Waals surface area contributed by atoms with E-state index in [1.807, 2.05) is 0 Å². The second-order valence-electron chi connectivity index (χ2n) is 8.12. The largest absolute Gasteiger partial charge is 0.497 e. The minimum atomic E-state index is -0.586. The Morgan fingerprint density at radius 1 is 1.37 bits per heavy atom. The highest BCUT2D eigenvalue weighted by atomic mass is 19.1. The van der Waals surface area contributed by atoms with Gasteiger partial charge in [0.1, 0.15) is 11.6 Å². The predicted molar refractivity (Wildman–Crippen MR) is 111 cm³/mol. The monoisotopic (exact) mass is 421 g/mol. The summed E-state index contributed by atoms with van der Waals surface area (Å²) in [7, 11) is 1.49. The van der Waals surface area contributed by atoms with Crippen LogP contribution >= 0.6 is 0 Å². The molecule has 0 bridgehead atoms. The first kappa shape index (κ1) is 22.5. The zero-order chi connectivity index (χ0) is 21.4. The number of hydrogen-bond acceptors (Lipinski definition) is 5. The fourth-order valence-corrected chi connectivity index (χ4v) is 4.14. The van der Waals surface area contributed by atoms with Gasteiger partial charge < -0.3 is 20.1 Å². The molecule has 0 saturated carbocycles. The molecule has 166 valence electrons. The van der Waals surface area contributed by atoms with Gasteiger partial charge in [0.15, 0.2) is 0 Å². The highest BCUT2D eigenvalue weighted by Gasteiger charge is 2.38. The van der Waals surface area contributed by atoms with E-state index in [-0.39, 0.29) is 17.6 Å². The van der Waals surface area contributed by atoms with Crippen LogP contribution in [0.5, 0.6) is 5.75 Å². The van der Waals surface area contributed by atoms with E-state index in [0.717, 1.165) is 39.3 Å². The van der Waals surface area contributed by atoms with Crippen LogP contribution in [0.3, 0.4) is 0 Å². The Morgan fingerprint density at radius 2 is 2.17 bits per heavy atom. The van der Waals surface area contributed by atoms with Crippen molar-refractivity contribution in [1.82, 2.24) is 15.5 Å². The molecule has 1 aromatic rings. The van der Waals surface area contributed by atoms with E-state index in [1.165, 1.54) is 13.2 Å². The van der Waals surface area contributed by atoms with Crippen LogP contribution < -0.4 is 15.4 Å². The van der Waals surface area contributed by atoms with E-state index in [1.54, 1.807) is 12.1 Å². The number of halogens is 1. The quantitative estimate of drug-likeness (QED) is 0.562. The van der Waals surface area contributed by atoms with Gasteiger partial charge in [-0.3, -0.25) is 14.5 Å². The molecule has 0 unspecified atom stereocenters. The average Bonchev–Trinajstić information content (AvgIpc) is 3.12. The van der Waals surface area contributed by atoms with Crippen molar-refractivity contribution >= 4 is 11.8 Å². The van der Waals surface area contributed by atoms with Crippen LogP contribution in [-0.2, 0) is 20.7 Å². The standard InChI is InChI=1S/C22H32FN3O4/c1-29-18-4-3-17(19(23)15-18)16-22(8-6-21(28)25-22)7-5-20(27)24-9-2-10-26-11-13-30-14-12-26/h3-4,15H,2,5-14,16H2,1H3,(H,24,27)(H,25,28)/t22-/m0/s1. The van der Waals surface area contributed by atoms with Crippen molar-refractivity contribution in [2.24, 2.45) is 0 Å². The van der Waals surface area contributed by atoms with Crippen LogP contribution in [0.4, 0.5) is 4.39 Å². The third-order valence-corrected chi connectivity index (χ3v) is 5.93. The van der Waals surface area contributed by atoms with Gasteiger partial charge in [0, 0.05) is 44.1 Å². The maximum Gasteiger partial charge on any atom is 0.220 e. The van der Waals surface area contributed by atoms with Gasteiger partial charge in [-0.15, -0.1) is 0 Å². The van der Waals surface area contributed by atoms with E-state index in [2.05, 4.69) is 15.5 Å². The zero-order valence-corrected chi connectivity index (χ0v) is 17.7. The van der Waals surface area contributed by atoms with Gasteiger partial charge >= 0.3 is 0 Å². The number of methoxy groups -OCH3 is 1. The second-order valence-corrected chi connectivity index (χ2v) is 8.12. The molecule has 8 heteroatoms. The molecule has 2 N–H and O–H groups in total. The molecule has 2 aliphatic rings. The number of amides is 2. The van der Waals surface area contributed by atoms with Crippen molar-refractivity contribution in [2.45, 2.75) is 44.1 Å². The molecule has 3 rings (SSSR count). The molecular formula is C22H32FN3O4. The molecule has 1 atom stereocenters. The summed E-state index contributed by atoms with van der Waals surface area (Å²) in [5.74, 6) is 0.0159. The summed E-state index contributed by atoms with van der Waals surface area (Å²) in [6, 6.07) is 4.75. The first-order valence-corrected chi connectivity index (χ1v) is 10.7. The molecule has 0 aliphatic carbocycles. The lowest BCUT2D eigenvalue weighted by atomic mass is 9.84. The molecule has 2 heterocycles. The predicted octanol–water partition coefficient (Wildman–Crippen LogP) is 1.64. The van der Waals surface area contributed by atoms with Gasteiger partial charge in [0.2, 0.25) is 11.8 Å². The summed E-state index contributed by atoms with van der Waals surface area (Å²) < 4.78 is 24.8. The lowest BCUT2D eigenvalue weighted by molar-refractivity contribution is -0.122. The highest BCUT2D eigenvalue weighted by Crippen LogP contribution is 2.31. The number of nitrogens with one attached hydrogen (secondary N) is 2. The van der Waals surface area contributed by atoms with Crippen molar-refractivity contribution in [3.05, 3.63) is 29.6 Å². The van der Waals surface area contributed by atoms with Crippen LogP contribution in [0.15, 0.2) is 18.2 Å². The fraction of sp³-hybridized carbons (Fsp3) is 0.636. The van der Waals surface area contributed by atoms with Crippen molar-refractivity contribution in [3.8, 4) is 5.75 Å². The maximum absolute atomic E-state index is 14.4. The third kappa shape index (κ3) is 6.40. The summed E-state index contributed by atoms with van der Waals surface area (Å²) in [6.07, 6.45) is 3.04. The molecule has 0 radical (unpaired) electrons. The molecule has 0 aromatic heterocycles. The SMILES string of the molecule is COc1ccc(C[C@]2(CCC(=O)NCCCN3CCOCC3)CCC(=O)N2)c(F)c1. The van der Waals surface area contributed by atoms with Gasteiger partial charge in [-0.1, -0.05) is 6.07 Å².